The van der Waals surface area contributed by atoms with Gasteiger partial charge in [0.15, 0.2) is 6.10 Å². The first-order valence-corrected chi connectivity index (χ1v) is 5.71. The Bertz CT molecular complexity index is 187. The predicted molar refractivity (Wildman–Crippen MR) is 55.7 cm³/mol. The molecule has 0 aromatic carbocycles. The molecule has 1 aliphatic carbocycles. The van der Waals surface area contributed by atoms with Crippen LogP contribution in [-0.4, -0.2) is 35.5 Å². The highest BCUT2D eigenvalue weighted by molar-refractivity contribution is 5.72. The smallest absolute Gasteiger partial charge is 0.333 e. The van der Waals surface area contributed by atoms with Crippen molar-refractivity contribution < 1.29 is 19.7 Å². The van der Waals surface area contributed by atoms with Crippen molar-refractivity contribution in [3.63, 3.8) is 0 Å². The fourth-order valence-electron chi connectivity index (χ4n) is 2.12. The van der Waals surface area contributed by atoms with E-state index >= 15 is 0 Å². The monoisotopic (exact) mass is 216 g/mol. The van der Waals surface area contributed by atoms with Crippen LogP contribution in [0.5, 0.6) is 0 Å². The summed E-state index contributed by atoms with van der Waals surface area (Å²) < 4.78 is 5.32. The lowest BCUT2D eigenvalue weighted by atomic mass is 9.85. The Hall–Kier alpha value is -0.610. The molecular formula is C11H20O4. The van der Waals surface area contributed by atoms with Crippen LogP contribution in [0.25, 0.3) is 0 Å². The van der Waals surface area contributed by atoms with Crippen LogP contribution in [-0.2, 0) is 9.53 Å². The lowest BCUT2D eigenvalue weighted by molar-refractivity contribution is -0.155. The molecule has 0 aromatic heterocycles. The van der Waals surface area contributed by atoms with Gasteiger partial charge in [0.1, 0.15) is 0 Å². The highest BCUT2D eigenvalue weighted by Gasteiger charge is 2.29. The molecule has 1 saturated carbocycles. The van der Waals surface area contributed by atoms with Crippen molar-refractivity contribution in [3.8, 4) is 0 Å². The third-order valence-corrected chi connectivity index (χ3v) is 2.92. The molecule has 4 nitrogen and oxygen atoms in total. The highest BCUT2D eigenvalue weighted by Crippen LogP contribution is 2.28. The summed E-state index contributed by atoms with van der Waals surface area (Å²) in [5, 5.41) is 17.6. The number of carbonyl (C=O) groups is 1. The van der Waals surface area contributed by atoms with Crippen LogP contribution in [0.3, 0.4) is 0 Å². The molecule has 1 rings (SSSR count). The topological polar surface area (TPSA) is 66.8 Å². The van der Waals surface area contributed by atoms with Crippen molar-refractivity contribution in [2.45, 2.75) is 44.6 Å². The van der Waals surface area contributed by atoms with Gasteiger partial charge in [0.2, 0.25) is 0 Å². The number of hydrogen-bond acceptors (Lipinski definition) is 3. The van der Waals surface area contributed by atoms with E-state index in [9.17, 15) is 4.79 Å². The number of aliphatic carboxylic acids is 1. The molecule has 2 N–H and O–H groups in total. The Morgan fingerprint density at radius 3 is 2.53 bits per heavy atom. The Balaban J connectivity index is 2.37. The van der Waals surface area contributed by atoms with Crippen LogP contribution in [0.15, 0.2) is 0 Å². The zero-order chi connectivity index (χ0) is 11.1. The molecular weight excluding hydrogens is 196 g/mol. The number of carboxylic acids is 1. The Morgan fingerprint density at radius 1 is 1.33 bits per heavy atom. The van der Waals surface area contributed by atoms with Gasteiger partial charge < -0.3 is 14.9 Å². The second-order valence-electron chi connectivity index (χ2n) is 4.10. The molecule has 1 unspecified atom stereocenters. The van der Waals surface area contributed by atoms with Crippen LogP contribution >= 0.6 is 0 Å². The summed E-state index contributed by atoms with van der Waals surface area (Å²) in [5.74, 6) is -0.699. The molecule has 0 bridgehead atoms. The van der Waals surface area contributed by atoms with Crippen molar-refractivity contribution in [2.24, 2.45) is 5.92 Å². The van der Waals surface area contributed by atoms with Crippen molar-refractivity contribution >= 4 is 5.97 Å². The quantitative estimate of drug-likeness (QED) is 0.659. The molecule has 0 amide bonds. The minimum absolute atomic E-state index is 0.0526. The molecule has 0 saturated heterocycles. The second-order valence-corrected chi connectivity index (χ2v) is 4.10. The van der Waals surface area contributed by atoms with Gasteiger partial charge in [0, 0.05) is 13.2 Å². The first-order chi connectivity index (χ1) is 7.25. The van der Waals surface area contributed by atoms with Crippen molar-refractivity contribution in [2.75, 3.05) is 13.2 Å². The summed E-state index contributed by atoms with van der Waals surface area (Å²) in [6.07, 6.45) is 5.18. The molecule has 15 heavy (non-hydrogen) atoms. The van der Waals surface area contributed by atoms with Gasteiger partial charge in [-0.3, -0.25) is 0 Å². The minimum atomic E-state index is -0.861. The van der Waals surface area contributed by atoms with Crippen molar-refractivity contribution in [3.05, 3.63) is 0 Å². The number of hydrogen-bond donors (Lipinski definition) is 2. The lowest BCUT2D eigenvalue weighted by Gasteiger charge is -2.27. The molecule has 1 aliphatic rings. The molecule has 1 fully saturated rings. The Labute approximate surface area is 90.2 Å². The molecule has 0 aromatic rings. The van der Waals surface area contributed by atoms with Crippen LogP contribution in [0.2, 0.25) is 0 Å². The fourth-order valence-corrected chi connectivity index (χ4v) is 2.12. The summed E-state index contributed by atoms with van der Waals surface area (Å²) in [5.41, 5.74) is 0. The molecule has 0 radical (unpaired) electrons. The third kappa shape index (κ3) is 4.18. The van der Waals surface area contributed by atoms with E-state index in [1.165, 1.54) is 6.42 Å². The van der Waals surface area contributed by atoms with Gasteiger partial charge in [-0.1, -0.05) is 19.3 Å². The molecule has 4 heteroatoms. The minimum Gasteiger partial charge on any atom is -0.479 e. The van der Waals surface area contributed by atoms with Crippen LogP contribution in [0, 0.1) is 5.92 Å². The van der Waals surface area contributed by atoms with Gasteiger partial charge >= 0.3 is 5.97 Å². The maximum Gasteiger partial charge on any atom is 0.333 e. The predicted octanol–water partition coefficient (Wildman–Crippen LogP) is 1.42. The summed E-state index contributed by atoms with van der Waals surface area (Å²) in [6, 6.07) is 0. The van der Waals surface area contributed by atoms with Crippen molar-refractivity contribution in [1.82, 2.24) is 0 Å². The van der Waals surface area contributed by atoms with E-state index in [1.54, 1.807) is 0 Å². The van der Waals surface area contributed by atoms with Crippen LogP contribution < -0.4 is 0 Å². The summed E-state index contributed by atoms with van der Waals surface area (Å²) in [4.78, 5) is 11.0. The van der Waals surface area contributed by atoms with Gasteiger partial charge in [0.25, 0.3) is 0 Å². The standard InChI is InChI=1S/C11H20O4/c12-7-4-8-15-10(11(13)14)9-5-2-1-3-6-9/h9-10,12H,1-8H2,(H,13,14). The van der Waals surface area contributed by atoms with E-state index in [2.05, 4.69) is 0 Å². The summed E-state index contributed by atoms with van der Waals surface area (Å²) in [7, 11) is 0. The Kier molecular flexibility index (Phi) is 5.65. The maximum atomic E-state index is 11.0. The molecule has 0 heterocycles. The first kappa shape index (κ1) is 12.5. The zero-order valence-corrected chi connectivity index (χ0v) is 9.02. The van der Waals surface area contributed by atoms with Gasteiger partial charge in [-0.05, 0) is 25.2 Å². The first-order valence-electron chi connectivity index (χ1n) is 5.71. The van der Waals surface area contributed by atoms with E-state index < -0.39 is 12.1 Å². The van der Waals surface area contributed by atoms with Crippen molar-refractivity contribution in [1.29, 1.82) is 0 Å². The summed E-state index contributed by atoms with van der Waals surface area (Å²) >= 11 is 0. The van der Waals surface area contributed by atoms with Gasteiger partial charge in [-0.15, -0.1) is 0 Å². The maximum absolute atomic E-state index is 11.0. The fraction of sp³-hybridized carbons (Fsp3) is 0.909. The van der Waals surface area contributed by atoms with Crippen LogP contribution in [0.4, 0.5) is 0 Å². The molecule has 88 valence electrons. The van der Waals surface area contributed by atoms with E-state index in [0.717, 1.165) is 25.7 Å². The van der Waals surface area contributed by atoms with E-state index in [4.69, 9.17) is 14.9 Å². The van der Waals surface area contributed by atoms with E-state index in [0.29, 0.717) is 13.0 Å². The van der Waals surface area contributed by atoms with E-state index in [-0.39, 0.29) is 12.5 Å². The summed E-state index contributed by atoms with van der Waals surface area (Å²) in [6.45, 7) is 0.390. The normalized spacial score (nSPS) is 20.1. The number of rotatable bonds is 6. The number of carboxylic acid groups (broad SMARTS) is 1. The zero-order valence-electron chi connectivity index (χ0n) is 9.02. The number of aliphatic hydroxyl groups is 1. The van der Waals surface area contributed by atoms with Crippen LogP contribution in [0.1, 0.15) is 38.5 Å². The third-order valence-electron chi connectivity index (χ3n) is 2.92. The highest BCUT2D eigenvalue weighted by atomic mass is 16.5. The number of aliphatic hydroxyl groups excluding tert-OH is 1. The molecule has 0 aliphatic heterocycles. The second kappa shape index (κ2) is 6.80. The number of ether oxygens (including phenoxy) is 1. The average Bonchev–Trinajstić information content (AvgIpc) is 2.25. The lowest BCUT2D eigenvalue weighted by Crippen LogP contribution is -2.34. The van der Waals surface area contributed by atoms with Gasteiger partial charge in [0.05, 0.1) is 0 Å². The van der Waals surface area contributed by atoms with Gasteiger partial charge in [-0.2, -0.15) is 0 Å². The SMILES string of the molecule is O=C(O)C(OCCCO)C1CCCCC1. The molecule has 1 atom stereocenters. The van der Waals surface area contributed by atoms with E-state index in [1.807, 2.05) is 0 Å². The molecule has 0 spiro atoms. The van der Waals surface area contributed by atoms with Gasteiger partial charge in [-0.25, -0.2) is 4.79 Å². The average molecular weight is 216 g/mol. The largest absolute Gasteiger partial charge is 0.479 e. The Morgan fingerprint density at radius 2 is 2.00 bits per heavy atom.